The molecule has 2 aliphatic rings. The number of ether oxygens (including phenoxy) is 1. The van der Waals surface area contributed by atoms with Crippen molar-refractivity contribution in [3.05, 3.63) is 47.4 Å². The van der Waals surface area contributed by atoms with Crippen LogP contribution in [0.1, 0.15) is 61.7 Å². The van der Waals surface area contributed by atoms with Gasteiger partial charge in [0, 0.05) is 19.1 Å². The van der Waals surface area contributed by atoms with Crippen molar-refractivity contribution in [2.75, 3.05) is 13.2 Å². The molecule has 1 aromatic heterocycles. The third kappa shape index (κ3) is 2.67. The number of rotatable bonds is 3. The number of nitrogens with zero attached hydrogens (tertiary/aromatic N) is 2. The van der Waals surface area contributed by atoms with Crippen LogP contribution in [0.4, 0.5) is 4.39 Å². The lowest BCUT2D eigenvalue weighted by atomic mass is 9.74. The number of hydrogen-bond donors (Lipinski definition) is 0. The van der Waals surface area contributed by atoms with Crippen LogP contribution >= 0.6 is 0 Å². The summed E-state index contributed by atoms with van der Waals surface area (Å²) in [6.45, 7) is 1.25. The van der Waals surface area contributed by atoms with Gasteiger partial charge in [-0.25, -0.2) is 4.39 Å². The van der Waals surface area contributed by atoms with E-state index in [1.54, 1.807) is 12.1 Å². The van der Waals surface area contributed by atoms with E-state index < -0.39 is 5.41 Å². The molecule has 2 fully saturated rings. The molecule has 1 saturated carbocycles. The highest BCUT2D eigenvalue weighted by Gasteiger charge is 2.42. The normalized spacial score (nSPS) is 21.6. The Hall–Kier alpha value is -1.75. The molecule has 0 unspecified atom stereocenters. The van der Waals surface area contributed by atoms with Gasteiger partial charge in [-0.15, -0.1) is 0 Å². The highest BCUT2D eigenvalue weighted by atomic mass is 19.1. The summed E-state index contributed by atoms with van der Waals surface area (Å²) in [5.41, 5.74) is 0.479. The molecule has 1 aromatic carbocycles. The Morgan fingerprint density at radius 2 is 1.91 bits per heavy atom. The second-order valence-corrected chi connectivity index (χ2v) is 6.64. The van der Waals surface area contributed by atoms with Gasteiger partial charge in [0.1, 0.15) is 5.82 Å². The van der Waals surface area contributed by atoms with Gasteiger partial charge in [0.2, 0.25) is 5.89 Å². The van der Waals surface area contributed by atoms with Crippen LogP contribution in [0, 0.1) is 5.82 Å². The average molecular weight is 316 g/mol. The van der Waals surface area contributed by atoms with E-state index in [1.165, 1.54) is 18.9 Å². The van der Waals surface area contributed by atoms with E-state index in [0.717, 1.165) is 37.1 Å². The van der Waals surface area contributed by atoms with Crippen LogP contribution in [-0.4, -0.2) is 23.4 Å². The first-order chi connectivity index (χ1) is 11.3. The second kappa shape index (κ2) is 6.04. The molecule has 0 amide bonds. The quantitative estimate of drug-likeness (QED) is 0.860. The topological polar surface area (TPSA) is 48.2 Å². The first-order valence-electron chi connectivity index (χ1n) is 8.46. The van der Waals surface area contributed by atoms with Gasteiger partial charge in [0.05, 0.1) is 5.41 Å². The Morgan fingerprint density at radius 3 is 2.65 bits per heavy atom. The first kappa shape index (κ1) is 14.8. The Labute approximate surface area is 135 Å². The molecule has 0 radical (unpaired) electrons. The molecular formula is C18H21FN2O2. The minimum atomic E-state index is -0.426. The molecule has 23 heavy (non-hydrogen) atoms. The van der Waals surface area contributed by atoms with Gasteiger partial charge in [-0.2, -0.15) is 4.98 Å². The van der Waals surface area contributed by atoms with Crippen molar-refractivity contribution in [2.24, 2.45) is 0 Å². The molecule has 0 atom stereocenters. The zero-order valence-electron chi connectivity index (χ0n) is 13.1. The van der Waals surface area contributed by atoms with Crippen molar-refractivity contribution in [3.8, 4) is 0 Å². The van der Waals surface area contributed by atoms with E-state index in [4.69, 9.17) is 14.2 Å². The first-order valence-corrected chi connectivity index (χ1v) is 8.46. The van der Waals surface area contributed by atoms with Gasteiger partial charge in [-0.05, 0) is 43.4 Å². The molecule has 1 aliphatic heterocycles. The van der Waals surface area contributed by atoms with Crippen LogP contribution in [-0.2, 0) is 10.2 Å². The fourth-order valence-electron chi connectivity index (χ4n) is 3.91. The van der Waals surface area contributed by atoms with Crippen molar-refractivity contribution < 1.29 is 13.7 Å². The van der Waals surface area contributed by atoms with E-state index in [2.05, 4.69) is 5.16 Å². The van der Waals surface area contributed by atoms with Crippen molar-refractivity contribution in [1.29, 1.82) is 0 Å². The van der Waals surface area contributed by atoms with Crippen LogP contribution in [0.25, 0.3) is 0 Å². The third-order valence-electron chi connectivity index (χ3n) is 5.29. The lowest BCUT2D eigenvalue weighted by molar-refractivity contribution is 0.0522. The molecule has 4 rings (SSSR count). The SMILES string of the molecule is Fc1cccc(C2(c3nc(C4CCCC4)no3)CCOCC2)c1. The van der Waals surface area contributed by atoms with Crippen molar-refractivity contribution in [3.63, 3.8) is 0 Å². The molecule has 2 heterocycles. The molecular weight excluding hydrogens is 295 g/mol. The standard InChI is InChI=1S/C18H21FN2O2/c19-15-7-3-6-14(12-15)18(8-10-22-11-9-18)17-20-16(21-23-17)13-4-1-2-5-13/h3,6-7,12-13H,1-2,4-5,8-11H2. The summed E-state index contributed by atoms with van der Waals surface area (Å²) < 4.78 is 25.0. The van der Waals surface area contributed by atoms with E-state index in [9.17, 15) is 4.39 Å². The molecule has 0 N–H and O–H groups in total. The molecule has 122 valence electrons. The minimum Gasteiger partial charge on any atom is -0.381 e. The smallest absolute Gasteiger partial charge is 0.237 e. The monoisotopic (exact) mass is 316 g/mol. The average Bonchev–Trinajstić information content (AvgIpc) is 3.27. The van der Waals surface area contributed by atoms with Crippen molar-refractivity contribution in [2.45, 2.75) is 49.9 Å². The lowest BCUT2D eigenvalue weighted by Gasteiger charge is -2.34. The van der Waals surface area contributed by atoms with Crippen LogP contribution in [0.15, 0.2) is 28.8 Å². The van der Waals surface area contributed by atoms with Crippen molar-refractivity contribution >= 4 is 0 Å². The van der Waals surface area contributed by atoms with Crippen LogP contribution in [0.5, 0.6) is 0 Å². The van der Waals surface area contributed by atoms with Gasteiger partial charge in [-0.3, -0.25) is 0 Å². The maximum atomic E-state index is 13.8. The molecule has 0 bridgehead atoms. The van der Waals surface area contributed by atoms with Gasteiger partial charge in [0.25, 0.3) is 0 Å². The summed E-state index contributed by atoms with van der Waals surface area (Å²) in [6.07, 6.45) is 6.21. The Morgan fingerprint density at radius 1 is 1.13 bits per heavy atom. The summed E-state index contributed by atoms with van der Waals surface area (Å²) in [5, 5.41) is 4.25. The highest BCUT2D eigenvalue weighted by molar-refractivity contribution is 5.33. The van der Waals surface area contributed by atoms with Crippen LogP contribution < -0.4 is 0 Å². The molecule has 4 nitrogen and oxygen atoms in total. The minimum absolute atomic E-state index is 0.233. The summed E-state index contributed by atoms with van der Waals surface area (Å²) in [6, 6.07) is 6.75. The van der Waals surface area contributed by atoms with Crippen molar-refractivity contribution in [1.82, 2.24) is 10.1 Å². The van der Waals surface area contributed by atoms with Gasteiger partial charge in [-0.1, -0.05) is 30.1 Å². The van der Waals surface area contributed by atoms with Gasteiger partial charge in [0.15, 0.2) is 5.82 Å². The van der Waals surface area contributed by atoms with Crippen LogP contribution in [0.3, 0.4) is 0 Å². The fraction of sp³-hybridized carbons (Fsp3) is 0.556. The zero-order valence-corrected chi connectivity index (χ0v) is 13.1. The maximum absolute atomic E-state index is 13.8. The summed E-state index contributed by atoms with van der Waals surface area (Å²) in [5.74, 6) is 1.62. The molecule has 1 saturated heterocycles. The molecule has 2 aromatic rings. The number of benzene rings is 1. The van der Waals surface area contributed by atoms with E-state index in [1.807, 2.05) is 6.07 Å². The Kier molecular flexibility index (Phi) is 3.89. The maximum Gasteiger partial charge on any atom is 0.237 e. The predicted molar refractivity (Wildman–Crippen MR) is 82.7 cm³/mol. The predicted octanol–water partition coefficient (Wildman–Crippen LogP) is 3.96. The largest absolute Gasteiger partial charge is 0.381 e. The molecule has 0 spiro atoms. The zero-order chi connectivity index (χ0) is 15.7. The van der Waals surface area contributed by atoms with E-state index in [-0.39, 0.29) is 5.82 Å². The number of hydrogen-bond acceptors (Lipinski definition) is 4. The Balaban J connectivity index is 1.73. The van der Waals surface area contributed by atoms with Crippen LogP contribution in [0.2, 0.25) is 0 Å². The summed E-state index contributed by atoms with van der Waals surface area (Å²) in [7, 11) is 0. The second-order valence-electron chi connectivity index (χ2n) is 6.64. The lowest BCUT2D eigenvalue weighted by Crippen LogP contribution is -2.35. The van der Waals surface area contributed by atoms with E-state index >= 15 is 0 Å². The third-order valence-corrected chi connectivity index (χ3v) is 5.29. The summed E-state index contributed by atoms with van der Waals surface area (Å²) >= 11 is 0. The van der Waals surface area contributed by atoms with Gasteiger partial charge < -0.3 is 9.26 Å². The fourth-order valence-corrected chi connectivity index (χ4v) is 3.91. The number of halogens is 1. The molecule has 5 heteroatoms. The highest BCUT2D eigenvalue weighted by Crippen LogP contribution is 2.42. The number of aromatic nitrogens is 2. The van der Waals surface area contributed by atoms with E-state index in [0.29, 0.717) is 25.0 Å². The van der Waals surface area contributed by atoms with Gasteiger partial charge >= 0.3 is 0 Å². The Bertz CT molecular complexity index is 673. The summed E-state index contributed by atoms with van der Waals surface area (Å²) in [4.78, 5) is 4.74. The molecule has 1 aliphatic carbocycles.